The molecular formula is C23H17FO3. The van der Waals surface area contributed by atoms with Crippen molar-refractivity contribution in [2.75, 3.05) is 7.11 Å². The summed E-state index contributed by atoms with van der Waals surface area (Å²) in [5, 5.41) is 0. The van der Waals surface area contributed by atoms with Crippen LogP contribution < -0.4 is 9.47 Å². The van der Waals surface area contributed by atoms with Gasteiger partial charge in [0.05, 0.1) is 13.7 Å². The van der Waals surface area contributed by atoms with Crippen LogP contribution in [0, 0.1) is 5.82 Å². The Morgan fingerprint density at radius 1 is 1.00 bits per heavy atom. The van der Waals surface area contributed by atoms with Gasteiger partial charge in [0.25, 0.3) is 5.79 Å². The second-order valence-corrected chi connectivity index (χ2v) is 6.63. The zero-order valence-corrected chi connectivity index (χ0v) is 14.7. The highest BCUT2D eigenvalue weighted by molar-refractivity contribution is 5.91. The topological polar surface area (TPSA) is 27.7 Å². The number of hydrogen-bond donors (Lipinski definition) is 0. The van der Waals surface area contributed by atoms with E-state index in [9.17, 15) is 4.39 Å². The SMILES string of the molecule is COc1ccc(C23OCc4ccccc4C2=Cc2cc(F)ccc2O3)cc1. The number of rotatable bonds is 2. The maximum atomic E-state index is 13.8. The van der Waals surface area contributed by atoms with Gasteiger partial charge in [0.2, 0.25) is 0 Å². The molecule has 1 atom stereocenters. The van der Waals surface area contributed by atoms with Crippen molar-refractivity contribution < 1.29 is 18.6 Å². The fraction of sp³-hybridized carbons (Fsp3) is 0.130. The summed E-state index contributed by atoms with van der Waals surface area (Å²) in [4.78, 5) is 0. The molecular weight excluding hydrogens is 343 g/mol. The van der Waals surface area contributed by atoms with Crippen molar-refractivity contribution in [1.82, 2.24) is 0 Å². The Morgan fingerprint density at radius 3 is 2.63 bits per heavy atom. The zero-order chi connectivity index (χ0) is 18.4. The predicted molar refractivity (Wildman–Crippen MR) is 101 cm³/mol. The van der Waals surface area contributed by atoms with Crippen LogP contribution in [0.5, 0.6) is 11.5 Å². The van der Waals surface area contributed by atoms with E-state index in [1.165, 1.54) is 12.1 Å². The maximum absolute atomic E-state index is 13.8. The molecule has 1 unspecified atom stereocenters. The lowest BCUT2D eigenvalue weighted by molar-refractivity contribution is -0.160. The fourth-order valence-corrected chi connectivity index (χ4v) is 3.74. The van der Waals surface area contributed by atoms with Gasteiger partial charge < -0.3 is 14.2 Å². The third-order valence-corrected chi connectivity index (χ3v) is 5.09. The Morgan fingerprint density at radius 2 is 1.81 bits per heavy atom. The van der Waals surface area contributed by atoms with Crippen molar-refractivity contribution in [1.29, 1.82) is 0 Å². The van der Waals surface area contributed by atoms with Gasteiger partial charge in [0.15, 0.2) is 0 Å². The first-order chi connectivity index (χ1) is 13.2. The third kappa shape index (κ3) is 2.45. The van der Waals surface area contributed by atoms with E-state index in [0.717, 1.165) is 28.0 Å². The summed E-state index contributed by atoms with van der Waals surface area (Å²) in [6, 6.07) is 20.2. The summed E-state index contributed by atoms with van der Waals surface area (Å²) in [6.07, 6.45) is 1.96. The number of fused-ring (bicyclic) bond motifs is 4. The van der Waals surface area contributed by atoms with Gasteiger partial charge in [0.1, 0.15) is 17.3 Å². The van der Waals surface area contributed by atoms with Crippen LogP contribution in [0.1, 0.15) is 22.3 Å². The molecule has 5 rings (SSSR count). The van der Waals surface area contributed by atoms with Crippen molar-refractivity contribution in [3.63, 3.8) is 0 Å². The van der Waals surface area contributed by atoms with E-state index in [1.54, 1.807) is 13.2 Å². The first kappa shape index (κ1) is 16.1. The largest absolute Gasteiger partial charge is 0.497 e. The van der Waals surface area contributed by atoms with Gasteiger partial charge in [-0.2, -0.15) is 0 Å². The van der Waals surface area contributed by atoms with Crippen LogP contribution in [0.3, 0.4) is 0 Å². The van der Waals surface area contributed by atoms with Crippen LogP contribution >= 0.6 is 0 Å². The Hall–Kier alpha value is -3.11. The number of benzene rings is 3. The van der Waals surface area contributed by atoms with Gasteiger partial charge >= 0.3 is 0 Å². The first-order valence-corrected chi connectivity index (χ1v) is 8.77. The molecule has 0 aromatic heterocycles. The molecule has 27 heavy (non-hydrogen) atoms. The van der Waals surface area contributed by atoms with Crippen molar-refractivity contribution in [2.45, 2.75) is 12.4 Å². The minimum Gasteiger partial charge on any atom is -0.497 e. The lowest BCUT2D eigenvalue weighted by atomic mass is 9.84. The predicted octanol–water partition coefficient (Wildman–Crippen LogP) is 5.15. The van der Waals surface area contributed by atoms with Gasteiger partial charge in [-0.05, 0) is 59.7 Å². The second-order valence-electron chi connectivity index (χ2n) is 6.63. The van der Waals surface area contributed by atoms with E-state index in [-0.39, 0.29) is 5.82 Å². The molecule has 3 aromatic rings. The van der Waals surface area contributed by atoms with Crippen LogP contribution in [0.15, 0.2) is 66.7 Å². The number of methoxy groups -OCH3 is 1. The van der Waals surface area contributed by atoms with Gasteiger partial charge in [-0.25, -0.2) is 4.39 Å². The quantitative estimate of drug-likeness (QED) is 0.632. The van der Waals surface area contributed by atoms with Crippen LogP contribution in [-0.4, -0.2) is 7.11 Å². The average Bonchev–Trinajstić information content (AvgIpc) is 2.72. The molecule has 0 bridgehead atoms. The van der Waals surface area contributed by atoms with E-state index in [2.05, 4.69) is 6.07 Å². The molecule has 0 saturated heterocycles. The highest BCUT2D eigenvalue weighted by Gasteiger charge is 2.47. The smallest absolute Gasteiger partial charge is 0.265 e. The zero-order valence-electron chi connectivity index (χ0n) is 14.7. The van der Waals surface area contributed by atoms with Crippen LogP contribution in [0.25, 0.3) is 11.6 Å². The standard InChI is InChI=1S/C23H17FO3/c1-25-19-9-6-17(7-10-19)23-21(20-5-3-2-4-15(20)14-26-23)13-16-12-18(24)8-11-22(16)27-23/h2-13H,14H2,1H3. The Balaban J connectivity index is 1.75. The lowest BCUT2D eigenvalue weighted by Gasteiger charge is -2.43. The van der Waals surface area contributed by atoms with Crippen molar-refractivity contribution in [2.24, 2.45) is 0 Å². The van der Waals surface area contributed by atoms with Crippen LogP contribution in [-0.2, 0) is 17.1 Å². The summed E-state index contributed by atoms with van der Waals surface area (Å²) in [7, 11) is 1.63. The van der Waals surface area contributed by atoms with E-state index in [4.69, 9.17) is 14.2 Å². The molecule has 2 aliphatic heterocycles. The number of ether oxygens (including phenoxy) is 3. The summed E-state index contributed by atoms with van der Waals surface area (Å²) < 4.78 is 31.8. The minimum absolute atomic E-state index is 0.295. The molecule has 0 fully saturated rings. The molecule has 4 heteroatoms. The molecule has 3 aromatic carbocycles. The maximum Gasteiger partial charge on any atom is 0.265 e. The van der Waals surface area contributed by atoms with Gasteiger partial charge in [-0.3, -0.25) is 0 Å². The Labute approximate surface area is 156 Å². The molecule has 3 nitrogen and oxygen atoms in total. The van der Waals surface area contributed by atoms with E-state index >= 15 is 0 Å². The van der Waals surface area contributed by atoms with Crippen LogP contribution in [0.4, 0.5) is 4.39 Å². The summed E-state index contributed by atoms with van der Waals surface area (Å²) in [5.41, 5.74) is 4.56. The van der Waals surface area contributed by atoms with E-state index in [0.29, 0.717) is 17.9 Å². The molecule has 0 saturated carbocycles. The highest BCUT2D eigenvalue weighted by Crippen LogP contribution is 2.51. The summed E-state index contributed by atoms with van der Waals surface area (Å²) >= 11 is 0. The van der Waals surface area contributed by atoms with Gasteiger partial charge in [0, 0.05) is 16.7 Å². The Kier molecular flexibility index (Phi) is 3.55. The summed E-state index contributed by atoms with van der Waals surface area (Å²) in [6.45, 7) is 0.427. The van der Waals surface area contributed by atoms with E-state index in [1.807, 2.05) is 48.5 Å². The average molecular weight is 360 g/mol. The normalized spacial score (nSPS) is 19.9. The molecule has 0 N–H and O–H groups in total. The molecule has 0 aliphatic carbocycles. The molecule has 0 spiro atoms. The minimum atomic E-state index is -1.08. The summed E-state index contributed by atoms with van der Waals surface area (Å²) in [5.74, 6) is -0.0208. The molecule has 2 aliphatic rings. The highest BCUT2D eigenvalue weighted by atomic mass is 19.1. The molecule has 0 amide bonds. The van der Waals surface area contributed by atoms with Crippen molar-refractivity contribution >= 4 is 11.6 Å². The number of hydrogen-bond acceptors (Lipinski definition) is 3. The molecule has 2 heterocycles. The monoisotopic (exact) mass is 360 g/mol. The Bertz CT molecular complexity index is 1060. The van der Waals surface area contributed by atoms with Crippen molar-refractivity contribution in [3.05, 3.63) is 94.8 Å². The van der Waals surface area contributed by atoms with Crippen LogP contribution in [0.2, 0.25) is 0 Å². The van der Waals surface area contributed by atoms with E-state index < -0.39 is 5.79 Å². The molecule has 134 valence electrons. The lowest BCUT2D eigenvalue weighted by Crippen LogP contribution is -2.42. The molecule has 0 radical (unpaired) electrons. The van der Waals surface area contributed by atoms with Crippen molar-refractivity contribution in [3.8, 4) is 11.5 Å². The number of halogens is 1. The van der Waals surface area contributed by atoms with Gasteiger partial charge in [-0.1, -0.05) is 24.3 Å². The third-order valence-electron chi connectivity index (χ3n) is 5.09. The first-order valence-electron chi connectivity index (χ1n) is 8.77. The fourth-order valence-electron chi connectivity index (χ4n) is 3.74. The second kappa shape index (κ2) is 5.96. The van der Waals surface area contributed by atoms with Gasteiger partial charge in [-0.15, -0.1) is 0 Å².